The van der Waals surface area contributed by atoms with E-state index in [4.69, 9.17) is 18.9 Å². The molecule has 0 N–H and O–H groups in total. The van der Waals surface area contributed by atoms with Gasteiger partial charge in [0.25, 0.3) is 0 Å². The molecule has 0 saturated heterocycles. The highest BCUT2D eigenvalue weighted by Crippen LogP contribution is 2.30. The topological polar surface area (TPSA) is 71.1 Å². The third-order valence-corrected chi connectivity index (χ3v) is 10.2. The smallest absolute Gasteiger partial charge is 0.178 e. The van der Waals surface area contributed by atoms with Gasteiger partial charge in [0.05, 0.1) is 37.1 Å². The molecule has 0 bridgehead atoms. The maximum atomic E-state index is 14.0. The molecule has 0 spiro atoms. The summed E-state index contributed by atoms with van der Waals surface area (Å²) in [7, 11) is -3.57. The summed E-state index contributed by atoms with van der Waals surface area (Å²) in [5.74, 6) is 3.17. The fourth-order valence-electron chi connectivity index (χ4n) is 5.58. The zero-order valence-electron chi connectivity index (χ0n) is 31.9. The van der Waals surface area contributed by atoms with E-state index in [-0.39, 0.29) is 5.75 Å². The number of benzene rings is 3. The summed E-state index contributed by atoms with van der Waals surface area (Å²) in [5.41, 5.74) is 3.17. The zero-order valence-corrected chi connectivity index (χ0v) is 32.7. The number of ether oxygens (including phenoxy) is 4. The summed E-state index contributed by atoms with van der Waals surface area (Å²) in [6, 6.07) is 17.3. The van der Waals surface area contributed by atoms with Crippen molar-refractivity contribution in [1.29, 1.82) is 0 Å². The molecular weight excluding hydrogens is 657 g/mol. The van der Waals surface area contributed by atoms with Crippen molar-refractivity contribution in [3.05, 3.63) is 76.9 Å². The largest absolute Gasteiger partial charge is 0.494 e. The van der Waals surface area contributed by atoms with Crippen LogP contribution in [0.1, 0.15) is 134 Å². The Hall–Kier alpha value is -3.71. The summed E-state index contributed by atoms with van der Waals surface area (Å²) in [4.78, 5) is 0.334. The number of rotatable bonds is 26. The molecule has 51 heavy (non-hydrogen) atoms. The van der Waals surface area contributed by atoms with E-state index >= 15 is 0 Å². The minimum absolute atomic E-state index is 0.118. The molecule has 0 radical (unpaired) electrons. The van der Waals surface area contributed by atoms with Gasteiger partial charge in [0.15, 0.2) is 9.84 Å². The Morgan fingerprint density at radius 2 is 0.941 bits per heavy atom. The molecule has 0 amide bonds. The highest BCUT2D eigenvalue weighted by atomic mass is 32.2. The first-order valence-electron chi connectivity index (χ1n) is 19.4. The lowest BCUT2D eigenvalue weighted by molar-refractivity contribution is 0.308. The van der Waals surface area contributed by atoms with Gasteiger partial charge < -0.3 is 18.9 Å². The number of sulfone groups is 1. The van der Waals surface area contributed by atoms with Crippen LogP contribution in [-0.2, 0) is 9.84 Å². The van der Waals surface area contributed by atoms with Gasteiger partial charge in [-0.15, -0.1) is 0 Å². The van der Waals surface area contributed by atoms with Crippen molar-refractivity contribution in [2.45, 2.75) is 117 Å². The lowest BCUT2D eigenvalue weighted by Gasteiger charge is -2.13. The van der Waals surface area contributed by atoms with Crippen LogP contribution in [0.25, 0.3) is 24.3 Å². The molecule has 0 heterocycles. The second kappa shape index (κ2) is 23.7. The number of unbranched alkanes of at least 4 members (excludes halogenated alkanes) is 7. The summed E-state index contributed by atoms with van der Waals surface area (Å²) in [5, 5.41) is 0. The molecule has 7 heteroatoms. The fourth-order valence-corrected chi connectivity index (χ4v) is 7.20. The third-order valence-electron chi connectivity index (χ3n) is 8.37. The van der Waals surface area contributed by atoms with Crippen molar-refractivity contribution in [1.82, 2.24) is 0 Å². The van der Waals surface area contributed by atoms with Gasteiger partial charge in [0, 0.05) is 11.1 Å². The second-order valence-electron chi connectivity index (χ2n) is 13.1. The third kappa shape index (κ3) is 14.8. The summed E-state index contributed by atoms with van der Waals surface area (Å²) in [6.07, 6.45) is 20.1. The Morgan fingerprint density at radius 1 is 0.471 bits per heavy atom. The molecule has 0 unspecified atom stereocenters. The Labute approximate surface area is 309 Å². The van der Waals surface area contributed by atoms with Crippen LogP contribution in [0.4, 0.5) is 0 Å². The maximum absolute atomic E-state index is 14.0. The lowest BCUT2D eigenvalue weighted by atomic mass is 10.1. The molecule has 3 aromatic rings. The van der Waals surface area contributed by atoms with Gasteiger partial charge in [0.1, 0.15) is 23.0 Å². The van der Waals surface area contributed by atoms with Crippen molar-refractivity contribution >= 4 is 34.1 Å². The molecule has 0 aliphatic carbocycles. The number of hydrogen-bond acceptors (Lipinski definition) is 6. The molecule has 3 aromatic carbocycles. The highest BCUT2D eigenvalue weighted by molar-refractivity contribution is 7.91. The second-order valence-corrected chi connectivity index (χ2v) is 15.1. The van der Waals surface area contributed by atoms with E-state index in [1.165, 1.54) is 25.7 Å². The zero-order chi connectivity index (χ0) is 36.7. The first-order valence-corrected chi connectivity index (χ1v) is 21.0. The summed E-state index contributed by atoms with van der Waals surface area (Å²) in [6.45, 7) is 13.0. The van der Waals surface area contributed by atoms with Crippen LogP contribution < -0.4 is 18.9 Å². The average molecular weight is 719 g/mol. The van der Waals surface area contributed by atoms with Gasteiger partial charge in [-0.25, -0.2) is 8.42 Å². The van der Waals surface area contributed by atoms with Crippen molar-refractivity contribution in [2.24, 2.45) is 0 Å². The van der Waals surface area contributed by atoms with Crippen LogP contribution in [0.2, 0.25) is 0 Å². The van der Waals surface area contributed by atoms with E-state index < -0.39 is 9.84 Å². The lowest BCUT2D eigenvalue weighted by Crippen LogP contribution is -2.09. The van der Waals surface area contributed by atoms with Gasteiger partial charge in [0.2, 0.25) is 0 Å². The predicted octanol–water partition coefficient (Wildman–Crippen LogP) is 12.1. The fraction of sp³-hybridized carbons (Fsp3) is 0.500. The normalized spacial score (nSPS) is 11.8. The van der Waals surface area contributed by atoms with Gasteiger partial charge in [-0.2, -0.15) is 0 Å². The van der Waals surface area contributed by atoms with Gasteiger partial charge >= 0.3 is 0 Å². The molecule has 0 aliphatic heterocycles. The first-order chi connectivity index (χ1) is 24.8. The Bertz CT molecular complexity index is 1610. The Morgan fingerprint density at radius 3 is 1.47 bits per heavy atom. The van der Waals surface area contributed by atoms with Crippen molar-refractivity contribution in [3.63, 3.8) is 0 Å². The van der Waals surface area contributed by atoms with Crippen molar-refractivity contribution in [2.75, 3.05) is 32.2 Å². The van der Waals surface area contributed by atoms with Crippen molar-refractivity contribution < 1.29 is 27.4 Å². The molecule has 0 atom stereocenters. The predicted molar refractivity (Wildman–Crippen MR) is 215 cm³/mol. The molecule has 280 valence electrons. The molecule has 0 aromatic heterocycles. The van der Waals surface area contributed by atoms with E-state index in [2.05, 4.69) is 34.6 Å². The van der Waals surface area contributed by atoms with E-state index in [1.54, 1.807) is 6.07 Å². The van der Waals surface area contributed by atoms with Gasteiger partial charge in [-0.3, -0.25) is 0 Å². The minimum atomic E-state index is -3.57. The highest BCUT2D eigenvalue weighted by Gasteiger charge is 2.18. The van der Waals surface area contributed by atoms with Crippen LogP contribution in [-0.4, -0.2) is 40.6 Å². The minimum Gasteiger partial charge on any atom is -0.494 e. The van der Waals surface area contributed by atoms with E-state index in [9.17, 15) is 8.42 Å². The Balaban J connectivity index is 1.97. The monoisotopic (exact) mass is 718 g/mol. The SMILES string of the molecule is CCCCCCCCCCS(=O)(=O)c1cc(/C=C/c2cc(OCCC)ccc2OCCC)ccc1/C=C/c1cc(OCCC)ccc1OCCC. The van der Waals surface area contributed by atoms with Gasteiger partial charge in [-0.05, 0) is 85.7 Å². The Kier molecular flexibility index (Phi) is 19.4. The molecular formula is C44H62O6S. The van der Waals surface area contributed by atoms with Crippen LogP contribution in [0.5, 0.6) is 23.0 Å². The summed E-state index contributed by atoms with van der Waals surface area (Å²) < 4.78 is 51.9. The van der Waals surface area contributed by atoms with E-state index in [0.29, 0.717) is 43.3 Å². The molecule has 3 rings (SSSR count). The quantitative estimate of drug-likeness (QED) is 0.0608. The molecule has 0 fully saturated rings. The standard InChI is InChI=1S/C44H62O6S/c1-6-11-12-13-14-15-16-17-32-51(45,46)44-33-36(19-21-38-34-40(47-28-7-2)24-26-42(38)49-30-9-4)18-20-37(44)22-23-39-35-41(48-29-8-3)25-27-43(39)50-31-10-5/h18-27,33-35H,6-17,28-32H2,1-5H3/b21-19+,23-22+. The molecule has 6 nitrogen and oxygen atoms in total. The molecule has 0 aliphatic rings. The number of hydrogen-bond donors (Lipinski definition) is 0. The van der Waals surface area contributed by atoms with Crippen LogP contribution in [0.3, 0.4) is 0 Å². The van der Waals surface area contributed by atoms with Crippen LogP contribution in [0, 0.1) is 0 Å². The van der Waals surface area contributed by atoms with Crippen LogP contribution in [0.15, 0.2) is 59.5 Å². The average Bonchev–Trinajstić information content (AvgIpc) is 3.14. The molecule has 0 saturated carbocycles. The van der Waals surface area contributed by atoms with E-state index in [1.807, 2.05) is 72.8 Å². The first kappa shape index (κ1) is 41.7. The van der Waals surface area contributed by atoms with E-state index in [0.717, 1.165) is 84.6 Å². The van der Waals surface area contributed by atoms with Crippen molar-refractivity contribution in [3.8, 4) is 23.0 Å². The van der Waals surface area contributed by atoms with Gasteiger partial charge in [-0.1, -0.05) is 116 Å². The summed E-state index contributed by atoms with van der Waals surface area (Å²) >= 11 is 0. The maximum Gasteiger partial charge on any atom is 0.178 e. The van der Waals surface area contributed by atoms with Crippen LogP contribution >= 0.6 is 0 Å².